The summed E-state index contributed by atoms with van der Waals surface area (Å²) in [6, 6.07) is 0. The second-order valence-electron chi connectivity index (χ2n) is 4.22. The molecule has 0 saturated carbocycles. The average Bonchev–Trinajstić information content (AvgIpc) is 2.33. The molecule has 0 unspecified atom stereocenters. The number of likely N-dealkylation sites (N-methyl/N-ethyl adjacent to an activating group) is 1. The number of ether oxygens (including phenoxy) is 1. The van der Waals surface area contributed by atoms with Gasteiger partial charge in [-0.3, -0.25) is 9.69 Å². The Labute approximate surface area is 106 Å². The van der Waals surface area contributed by atoms with E-state index in [1.54, 1.807) is 7.11 Å². The molecule has 0 amide bonds. The number of nitrogens with zero attached hydrogens (tertiary/aromatic N) is 2. The summed E-state index contributed by atoms with van der Waals surface area (Å²) in [7, 11) is 1.56. The molecule has 0 atom stereocenters. The Hall–Kier alpha value is -0.450. The summed E-state index contributed by atoms with van der Waals surface area (Å²) in [5.74, 6) is 0.164. The first-order valence-corrected chi connectivity index (χ1v) is 6.63. The fourth-order valence-electron chi connectivity index (χ4n) is 1.86. The lowest BCUT2D eigenvalue weighted by atomic mass is 10.3. The van der Waals surface area contributed by atoms with Gasteiger partial charge < -0.3 is 9.64 Å². The molecule has 0 aliphatic rings. The van der Waals surface area contributed by atoms with Crippen LogP contribution in [0.2, 0.25) is 0 Å². The summed E-state index contributed by atoms with van der Waals surface area (Å²) in [5, 5.41) is 0. The number of hydrogen-bond acceptors (Lipinski definition) is 4. The maximum Gasteiger partial charge on any atom is 0.172 e. The standard InChI is InChI=1S/C13H28N2O2/c1-5-14(6-2)9-8-10-15(7-3)11-13(16)12-17-4/h5-12H2,1-4H3. The van der Waals surface area contributed by atoms with E-state index in [0.29, 0.717) is 6.54 Å². The van der Waals surface area contributed by atoms with Crippen LogP contribution >= 0.6 is 0 Å². The van der Waals surface area contributed by atoms with Crippen molar-refractivity contribution in [3.63, 3.8) is 0 Å². The molecule has 0 radical (unpaired) electrons. The molecule has 0 fully saturated rings. The molecule has 0 heterocycles. The number of methoxy groups -OCH3 is 1. The quantitative estimate of drug-likeness (QED) is 0.548. The van der Waals surface area contributed by atoms with E-state index in [1.165, 1.54) is 0 Å². The number of rotatable bonds is 11. The summed E-state index contributed by atoms with van der Waals surface area (Å²) in [6.45, 7) is 12.4. The molecule has 0 rings (SSSR count). The predicted molar refractivity (Wildman–Crippen MR) is 71.4 cm³/mol. The van der Waals surface area contributed by atoms with E-state index < -0.39 is 0 Å². The lowest BCUT2D eigenvalue weighted by Crippen LogP contribution is -2.34. The predicted octanol–water partition coefficient (Wildman–Crippen LogP) is 1.26. The SMILES string of the molecule is CCN(CC)CCCN(CC)CC(=O)COC. The van der Waals surface area contributed by atoms with E-state index in [-0.39, 0.29) is 12.4 Å². The largest absolute Gasteiger partial charge is 0.377 e. The molecule has 0 saturated heterocycles. The van der Waals surface area contributed by atoms with Gasteiger partial charge in [0, 0.05) is 7.11 Å². The minimum absolute atomic E-state index is 0.164. The molecule has 0 aliphatic heterocycles. The summed E-state index contributed by atoms with van der Waals surface area (Å²) in [5.41, 5.74) is 0. The molecule has 0 spiro atoms. The zero-order valence-electron chi connectivity index (χ0n) is 11.9. The van der Waals surface area contributed by atoms with Crippen LogP contribution in [-0.4, -0.2) is 68.6 Å². The topological polar surface area (TPSA) is 32.8 Å². The van der Waals surface area contributed by atoms with Crippen molar-refractivity contribution < 1.29 is 9.53 Å². The minimum atomic E-state index is 0.164. The monoisotopic (exact) mass is 244 g/mol. The van der Waals surface area contributed by atoms with Crippen molar-refractivity contribution in [2.45, 2.75) is 27.2 Å². The summed E-state index contributed by atoms with van der Waals surface area (Å²) >= 11 is 0. The fraction of sp³-hybridized carbons (Fsp3) is 0.923. The van der Waals surface area contributed by atoms with Crippen molar-refractivity contribution in [3.8, 4) is 0 Å². The van der Waals surface area contributed by atoms with Gasteiger partial charge in [0.1, 0.15) is 6.61 Å². The molecular formula is C13H28N2O2. The molecule has 4 nitrogen and oxygen atoms in total. The molecule has 0 aromatic carbocycles. The molecule has 0 bridgehead atoms. The van der Waals surface area contributed by atoms with Gasteiger partial charge in [-0.2, -0.15) is 0 Å². The third kappa shape index (κ3) is 8.30. The second kappa shape index (κ2) is 10.7. The van der Waals surface area contributed by atoms with Crippen LogP contribution in [0.25, 0.3) is 0 Å². The number of carbonyl (C=O) groups is 1. The molecule has 17 heavy (non-hydrogen) atoms. The van der Waals surface area contributed by atoms with Gasteiger partial charge in [0.2, 0.25) is 0 Å². The van der Waals surface area contributed by atoms with E-state index in [9.17, 15) is 4.79 Å². The maximum atomic E-state index is 11.4. The minimum Gasteiger partial charge on any atom is -0.377 e. The zero-order chi connectivity index (χ0) is 13.1. The van der Waals surface area contributed by atoms with E-state index in [2.05, 4.69) is 30.6 Å². The van der Waals surface area contributed by atoms with Crippen LogP contribution in [0.4, 0.5) is 0 Å². The van der Waals surface area contributed by atoms with Crippen LogP contribution in [0.3, 0.4) is 0 Å². The Kier molecular flexibility index (Phi) is 10.4. The van der Waals surface area contributed by atoms with Gasteiger partial charge in [-0.1, -0.05) is 20.8 Å². The third-order valence-electron chi connectivity index (χ3n) is 3.00. The maximum absolute atomic E-state index is 11.4. The number of hydrogen-bond donors (Lipinski definition) is 0. The zero-order valence-corrected chi connectivity index (χ0v) is 11.9. The Morgan fingerprint density at radius 2 is 1.53 bits per heavy atom. The number of carbonyl (C=O) groups excluding carboxylic acids is 1. The lowest BCUT2D eigenvalue weighted by Gasteiger charge is -2.22. The first kappa shape index (κ1) is 16.6. The van der Waals surface area contributed by atoms with Crippen molar-refractivity contribution in [1.82, 2.24) is 9.80 Å². The van der Waals surface area contributed by atoms with E-state index in [4.69, 9.17) is 4.74 Å². The number of ketones is 1. The van der Waals surface area contributed by atoms with E-state index in [1.807, 2.05) is 0 Å². The van der Waals surface area contributed by atoms with Gasteiger partial charge in [-0.15, -0.1) is 0 Å². The van der Waals surface area contributed by atoms with Gasteiger partial charge in [-0.25, -0.2) is 0 Å². The molecule has 0 N–H and O–H groups in total. The fourth-order valence-corrected chi connectivity index (χ4v) is 1.86. The Morgan fingerprint density at radius 1 is 1.00 bits per heavy atom. The van der Waals surface area contributed by atoms with Crippen molar-refractivity contribution in [3.05, 3.63) is 0 Å². The Bertz CT molecular complexity index is 194. The molecular weight excluding hydrogens is 216 g/mol. The van der Waals surface area contributed by atoms with Crippen LogP contribution in [0.5, 0.6) is 0 Å². The normalized spacial score (nSPS) is 11.4. The van der Waals surface area contributed by atoms with Crippen LogP contribution < -0.4 is 0 Å². The highest BCUT2D eigenvalue weighted by atomic mass is 16.5. The van der Waals surface area contributed by atoms with Crippen LogP contribution in [-0.2, 0) is 9.53 Å². The van der Waals surface area contributed by atoms with Crippen LogP contribution in [0.1, 0.15) is 27.2 Å². The average molecular weight is 244 g/mol. The van der Waals surface area contributed by atoms with E-state index in [0.717, 1.165) is 39.1 Å². The van der Waals surface area contributed by atoms with Gasteiger partial charge in [0.05, 0.1) is 6.54 Å². The first-order chi connectivity index (χ1) is 8.17. The Balaban J connectivity index is 3.77. The van der Waals surface area contributed by atoms with Gasteiger partial charge in [-0.05, 0) is 39.1 Å². The third-order valence-corrected chi connectivity index (χ3v) is 3.00. The van der Waals surface area contributed by atoms with Crippen LogP contribution in [0.15, 0.2) is 0 Å². The van der Waals surface area contributed by atoms with Crippen LogP contribution in [0, 0.1) is 0 Å². The summed E-state index contributed by atoms with van der Waals surface area (Å²) < 4.78 is 4.84. The molecule has 102 valence electrons. The van der Waals surface area contributed by atoms with Gasteiger partial charge in [0.15, 0.2) is 5.78 Å². The Morgan fingerprint density at radius 3 is 2.00 bits per heavy atom. The van der Waals surface area contributed by atoms with Crippen molar-refractivity contribution in [2.75, 3.05) is 53.0 Å². The number of Topliss-reactive ketones (excluding diaryl/α,β-unsaturated/α-hetero) is 1. The highest BCUT2D eigenvalue weighted by Crippen LogP contribution is 1.96. The summed E-state index contributed by atoms with van der Waals surface area (Å²) in [6.07, 6.45) is 1.12. The van der Waals surface area contributed by atoms with Gasteiger partial charge >= 0.3 is 0 Å². The van der Waals surface area contributed by atoms with Gasteiger partial charge in [0.25, 0.3) is 0 Å². The second-order valence-corrected chi connectivity index (χ2v) is 4.22. The van der Waals surface area contributed by atoms with Crippen molar-refractivity contribution >= 4 is 5.78 Å². The first-order valence-electron chi connectivity index (χ1n) is 6.63. The molecule has 0 aromatic heterocycles. The molecule has 0 aliphatic carbocycles. The smallest absolute Gasteiger partial charge is 0.172 e. The van der Waals surface area contributed by atoms with E-state index >= 15 is 0 Å². The molecule has 4 heteroatoms. The summed E-state index contributed by atoms with van der Waals surface area (Å²) in [4.78, 5) is 16.0. The van der Waals surface area contributed by atoms with Crippen molar-refractivity contribution in [2.24, 2.45) is 0 Å². The highest BCUT2D eigenvalue weighted by Gasteiger charge is 2.09. The highest BCUT2D eigenvalue weighted by molar-refractivity contribution is 5.81. The lowest BCUT2D eigenvalue weighted by molar-refractivity contribution is -0.123. The van der Waals surface area contributed by atoms with Crippen molar-refractivity contribution in [1.29, 1.82) is 0 Å². The molecule has 0 aromatic rings.